The Labute approximate surface area is 105 Å². The van der Waals surface area contributed by atoms with Crippen LogP contribution in [-0.2, 0) is 4.79 Å². The van der Waals surface area contributed by atoms with E-state index in [4.69, 9.17) is 5.11 Å². The second-order valence-electron chi connectivity index (χ2n) is 3.51. The minimum absolute atomic E-state index is 0.277. The van der Waals surface area contributed by atoms with Crippen LogP contribution in [0.1, 0.15) is 17.3 Å². The number of likely N-dealkylation sites (N-methyl/N-ethyl adjacent to an activating group) is 1. The minimum atomic E-state index is -1.01. The summed E-state index contributed by atoms with van der Waals surface area (Å²) in [6, 6.07) is 7.18. The van der Waals surface area contributed by atoms with Crippen LogP contribution in [0.4, 0.5) is 0 Å². The Kier molecular flexibility index (Phi) is 5.03. The molecule has 0 spiro atoms. The van der Waals surface area contributed by atoms with Crippen molar-refractivity contribution in [2.45, 2.75) is 11.8 Å². The lowest BCUT2D eigenvalue weighted by Crippen LogP contribution is -2.31. The first-order valence-corrected chi connectivity index (χ1v) is 6.23. The second kappa shape index (κ2) is 6.30. The standard InChI is InChI=1S/C12H15NO3S/c1-3-17-10-6-4-9(5-7-10)12(16)13(2)8-11(14)15/h4-7H,3,8H2,1-2H3,(H,14,15). The molecule has 17 heavy (non-hydrogen) atoms. The molecule has 4 nitrogen and oxygen atoms in total. The van der Waals surface area contributed by atoms with Crippen molar-refractivity contribution in [2.24, 2.45) is 0 Å². The molecule has 0 aliphatic carbocycles. The summed E-state index contributed by atoms with van der Waals surface area (Å²) in [6.07, 6.45) is 0. The van der Waals surface area contributed by atoms with Crippen LogP contribution in [0.5, 0.6) is 0 Å². The van der Waals surface area contributed by atoms with E-state index in [9.17, 15) is 9.59 Å². The molecular formula is C12H15NO3S. The first-order chi connectivity index (χ1) is 8.04. The fraction of sp³-hybridized carbons (Fsp3) is 0.333. The smallest absolute Gasteiger partial charge is 0.323 e. The zero-order chi connectivity index (χ0) is 12.8. The molecular weight excluding hydrogens is 238 g/mol. The summed E-state index contributed by atoms with van der Waals surface area (Å²) in [4.78, 5) is 24.6. The normalized spacial score (nSPS) is 10.0. The van der Waals surface area contributed by atoms with Gasteiger partial charge in [0.05, 0.1) is 0 Å². The molecule has 0 heterocycles. The van der Waals surface area contributed by atoms with E-state index in [1.807, 2.05) is 12.1 Å². The summed E-state index contributed by atoms with van der Waals surface area (Å²) in [5.41, 5.74) is 0.509. The number of hydrogen-bond donors (Lipinski definition) is 1. The van der Waals surface area contributed by atoms with Crippen LogP contribution in [0, 0.1) is 0 Å². The van der Waals surface area contributed by atoms with Crippen molar-refractivity contribution in [3.8, 4) is 0 Å². The summed E-state index contributed by atoms with van der Waals surface area (Å²) in [7, 11) is 1.48. The molecule has 0 saturated carbocycles. The molecule has 0 aliphatic rings. The van der Waals surface area contributed by atoms with Crippen molar-refractivity contribution in [1.29, 1.82) is 0 Å². The molecule has 92 valence electrons. The highest BCUT2D eigenvalue weighted by Gasteiger charge is 2.13. The van der Waals surface area contributed by atoms with Crippen LogP contribution >= 0.6 is 11.8 Å². The molecule has 0 fully saturated rings. The van der Waals surface area contributed by atoms with Gasteiger partial charge >= 0.3 is 5.97 Å². The number of carboxylic acids is 1. The predicted molar refractivity (Wildman–Crippen MR) is 67.4 cm³/mol. The van der Waals surface area contributed by atoms with Gasteiger partial charge in [-0.05, 0) is 30.0 Å². The van der Waals surface area contributed by atoms with Crippen LogP contribution < -0.4 is 0 Å². The highest BCUT2D eigenvalue weighted by atomic mass is 32.2. The molecule has 1 aromatic rings. The van der Waals surface area contributed by atoms with E-state index in [0.29, 0.717) is 5.56 Å². The van der Waals surface area contributed by atoms with Gasteiger partial charge in [-0.3, -0.25) is 9.59 Å². The summed E-state index contributed by atoms with van der Waals surface area (Å²) in [6.45, 7) is 1.77. The average molecular weight is 253 g/mol. The number of carbonyl (C=O) groups excluding carboxylic acids is 1. The third-order valence-corrected chi connectivity index (χ3v) is 3.03. The SMILES string of the molecule is CCSc1ccc(C(=O)N(C)CC(=O)O)cc1. The lowest BCUT2D eigenvalue weighted by atomic mass is 10.2. The molecule has 0 radical (unpaired) electrons. The molecule has 0 atom stereocenters. The van der Waals surface area contributed by atoms with Crippen molar-refractivity contribution < 1.29 is 14.7 Å². The average Bonchev–Trinajstić information content (AvgIpc) is 2.28. The van der Waals surface area contributed by atoms with Crippen LogP contribution in [0.15, 0.2) is 29.2 Å². The molecule has 1 N–H and O–H groups in total. The number of aliphatic carboxylic acids is 1. The first-order valence-electron chi connectivity index (χ1n) is 5.24. The fourth-order valence-corrected chi connectivity index (χ4v) is 2.02. The van der Waals surface area contributed by atoms with Gasteiger partial charge in [-0.1, -0.05) is 6.92 Å². The van der Waals surface area contributed by atoms with Gasteiger partial charge in [0.1, 0.15) is 6.54 Å². The number of amides is 1. The van der Waals surface area contributed by atoms with Gasteiger partial charge in [0, 0.05) is 17.5 Å². The molecule has 1 aromatic carbocycles. The van der Waals surface area contributed by atoms with Gasteiger partial charge in [-0.25, -0.2) is 0 Å². The largest absolute Gasteiger partial charge is 0.480 e. The first kappa shape index (κ1) is 13.6. The van der Waals surface area contributed by atoms with Crippen molar-refractivity contribution in [3.05, 3.63) is 29.8 Å². The zero-order valence-corrected chi connectivity index (χ0v) is 10.7. The number of nitrogens with zero attached hydrogens (tertiary/aromatic N) is 1. The Hall–Kier alpha value is -1.49. The molecule has 0 aromatic heterocycles. The molecule has 0 bridgehead atoms. The number of thioether (sulfide) groups is 1. The summed E-state index contributed by atoms with van der Waals surface area (Å²) >= 11 is 1.70. The van der Waals surface area contributed by atoms with E-state index in [2.05, 4.69) is 6.92 Å². The fourth-order valence-electron chi connectivity index (χ4n) is 1.36. The lowest BCUT2D eigenvalue weighted by Gasteiger charge is -2.14. The quantitative estimate of drug-likeness (QED) is 0.815. The Morgan fingerprint density at radius 1 is 1.29 bits per heavy atom. The van der Waals surface area contributed by atoms with Gasteiger partial charge in [0.2, 0.25) is 0 Å². The van der Waals surface area contributed by atoms with Crippen LogP contribution in [0.2, 0.25) is 0 Å². The third kappa shape index (κ3) is 4.11. The van der Waals surface area contributed by atoms with Crippen LogP contribution in [0.3, 0.4) is 0 Å². The number of carbonyl (C=O) groups is 2. The second-order valence-corrected chi connectivity index (χ2v) is 4.85. The van der Waals surface area contributed by atoms with Crippen molar-refractivity contribution >= 4 is 23.6 Å². The topological polar surface area (TPSA) is 57.6 Å². The highest BCUT2D eigenvalue weighted by molar-refractivity contribution is 7.99. The van der Waals surface area contributed by atoms with Crippen molar-refractivity contribution in [2.75, 3.05) is 19.3 Å². The minimum Gasteiger partial charge on any atom is -0.480 e. The summed E-state index contributed by atoms with van der Waals surface area (Å²) in [5, 5.41) is 8.60. The monoisotopic (exact) mass is 253 g/mol. The van der Waals surface area contributed by atoms with Gasteiger partial charge < -0.3 is 10.0 Å². The van der Waals surface area contributed by atoms with Gasteiger partial charge in [-0.2, -0.15) is 0 Å². The number of hydrogen-bond acceptors (Lipinski definition) is 3. The van der Waals surface area contributed by atoms with Gasteiger partial charge in [0.15, 0.2) is 0 Å². The summed E-state index contributed by atoms with van der Waals surface area (Å²) in [5.74, 6) is -0.314. The molecule has 5 heteroatoms. The van der Waals surface area contributed by atoms with Crippen molar-refractivity contribution in [3.63, 3.8) is 0 Å². The Morgan fingerprint density at radius 3 is 2.35 bits per heavy atom. The number of carboxylic acid groups (broad SMARTS) is 1. The molecule has 0 aliphatic heterocycles. The highest BCUT2D eigenvalue weighted by Crippen LogP contribution is 2.18. The maximum Gasteiger partial charge on any atom is 0.323 e. The van der Waals surface area contributed by atoms with E-state index in [-0.39, 0.29) is 12.5 Å². The molecule has 0 saturated heterocycles. The van der Waals surface area contributed by atoms with Crippen LogP contribution in [-0.4, -0.2) is 41.2 Å². The molecule has 0 unspecified atom stereocenters. The lowest BCUT2D eigenvalue weighted by molar-refractivity contribution is -0.137. The van der Waals surface area contributed by atoms with E-state index in [1.54, 1.807) is 23.9 Å². The number of rotatable bonds is 5. The maximum absolute atomic E-state index is 11.8. The Morgan fingerprint density at radius 2 is 1.88 bits per heavy atom. The molecule has 1 rings (SSSR count). The van der Waals surface area contributed by atoms with Crippen molar-refractivity contribution in [1.82, 2.24) is 4.90 Å². The predicted octanol–water partition coefficient (Wildman–Crippen LogP) is 1.96. The maximum atomic E-state index is 11.8. The summed E-state index contributed by atoms with van der Waals surface area (Å²) < 4.78 is 0. The zero-order valence-electron chi connectivity index (χ0n) is 9.84. The third-order valence-electron chi connectivity index (χ3n) is 2.13. The van der Waals surface area contributed by atoms with Gasteiger partial charge in [-0.15, -0.1) is 11.8 Å². The van der Waals surface area contributed by atoms with E-state index in [1.165, 1.54) is 11.9 Å². The Bertz CT molecular complexity index is 403. The Balaban J connectivity index is 2.72. The molecule has 1 amide bonds. The van der Waals surface area contributed by atoms with Gasteiger partial charge in [0.25, 0.3) is 5.91 Å². The van der Waals surface area contributed by atoms with E-state index in [0.717, 1.165) is 10.6 Å². The van der Waals surface area contributed by atoms with E-state index < -0.39 is 5.97 Å². The van der Waals surface area contributed by atoms with E-state index >= 15 is 0 Å². The number of benzene rings is 1. The van der Waals surface area contributed by atoms with Crippen LogP contribution in [0.25, 0.3) is 0 Å².